The minimum Gasteiger partial charge on any atom is -0.218 e. The van der Waals surface area contributed by atoms with Crippen molar-refractivity contribution in [3.05, 3.63) is 84.7 Å². The van der Waals surface area contributed by atoms with E-state index in [0.29, 0.717) is 5.69 Å². The molecule has 0 spiro atoms. The van der Waals surface area contributed by atoms with Crippen molar-refractivity contribution in [2.45, 2.75) is 9.79 Å². The van der Waals surface area contributed by atoms with E-state index in [9.17, 15) is 12.8 Å². The summed E-state index contributed by atoms with van der Waals surface area (Å²) in [7, 11) is -3.81. The Morgan fingerprint density at radius 3 is 2.04 bits per heavy atom. The molecule has 0 saturated heterocycles. The van der Waals surface area contributed by atoms with Crippen LogP contribution in [0.5, 0.6) is 0 Å². The number of halogens is 1. The van der Waals surface area contributed by atoms with Gasteiger partial charge < -0.3 is 0 Å². The van der Waals surface area contributed by atoms with E-state index >= 15 is 0 Å². The number of azo groups is 1. The summed E-state index contributed by atoms with van der Waals surface area (Å²) in [6.07, 6.45) is 0. The summed E-state index contributed by atoms with van der Waals surface area (Å²) >= 11 is 0. The fraction of sp³-hybridized carbons (Fsp3) is 0. The second kappa shape index (κ2) is 6.72. The van der Waals surface area contributed by atoms with Gasteiger partial charge in [-0.3, -0.25) is 0 Å². The molecule has 0 heterocycles. The molecule has 0 unspecified atom stereocenters. The van der Waals surface area contributed by atoms with Crippen LogP contribution >= 0.6 is 0 Å². The standard InChI is InChI=1S/C18H13FN2O2S/c19-14-10-12-16(13-11-14)24(22,23)18-9-5-4-8-17(18)21-20-15-6-2-1-3-7-15/h1-13H. The highest BCUT2D eigenvalue weighted by atomic mass is 32.2. The average molecular weight is 340 g/mol. The zero-order valence-electron chi connectivity index (χ0n) is 12.5. The summed E-state index contributed by atoms with van der Waals surface area (Å²) in [6.45, 7) is 0. The molecule has 0 aliphatic heterocycles. The minimum atomic E-state index is -3.81. The Bertz CT molecular complexity index is 969. The third-order valence-corrected chi connectivity index (χ3v) is 5.13. The zero-order valence-corrected chi connectivity index (χ0v) is 13.3. The highest BCUT2D eigenvalue weighted by Crippen LogP contribution is 2.30. The van der Waals surface area contributed by atoms with E-state index < -0.39 is 15.7 Å². The molecule has 6 heteroatoms. The molecule has 0 fully saturated rings. The van der Waals surface area contributed by atoms with Crippen molar-refractivity contribution in [3.63, 3.8) is 0 Å². The highest BCUT2D eigenvalue weighted by Gasteiger charge is 2.21. The Hall–Kier alpha value is -2.86. The Morgan fingerprint density at radius 1 is 0.708 bits per heavy atom. The number of rotatable bonds is 4. The van der Waals surface area contributed by atoms with E-state index in [1.165, 1.54) is 18.2 Å². The lowest BCUT2D eigenvalue weighted by atomic mass is 10.3. The van der Waals surface area contributed by atoms with E-state index in [1.807, 2.05) is 18.2 Å². The van der Waals surface area contributed by atoms with Gasteiger partial charge >= 0.3 is 0 Å². The van der Waals surface area contributed by atoms with E-state index in [2.05, 4.69) is 10.2 Å². The van der Waals surface area contributed by atoms with E-state index in [0.717, 1.165) is 12.1 Å². The Morgan fingerprint density at radius 2 is 1.33 bits per heavy atom. The maximum Gasteiger partial charge on any atom is 0.208 e. The van der Waals surface area contributed by atoms with Gasteiger partial charge in [0.25, 0.3) is 0 Å². The molecule has 3 rings (SSSR count). The first kappa shape index (κ1) is 16.0. The van der Waals surface area contributed by atoms with E-state index in [4.69, 9.17) is 0 Å². The normalized spacial score (nSPS) is 11.7. The molecule has 0 aliphatic carbocycles. The van der Waals surface area contributed by atoms with Crippen molar-refractivity contribution < 1.29 is 12.8 Å². The molecule has 4 nitrogen and oxygen atoms in total. The topological polar surface area (TPSA) is 58.9 Å². The smallest absolute Gasteiger partial charge is 0.208 e. The third-order valence-electron chi connectivity index (χ3n) is 3.31. The molecule has 0 N–H and O–H groups in total. The van der Waals surface area contributed by atoms with Crippen LogP contribution in [-0.2, 0) is 9.84 Å². The molecule has 0 radical (unpaired) electrons. The lowest BCUT2D eigenvalue weighted by Gasteiger charge is -2.07. The van der Waals surface area contributed by atoms with Crippen LogP contribution in [0.25, 0.3) is 0 Å². The maximum atomic E-state index is 13.0. The largest absolute Gasteiger partial charge is 0.218 e. The molecule has 0 atom stereocenters. The Labute approximate surface area is 139 Å². The van der Waals surface area contributed by atoms with Crippen LogP contribution in [0.1, 0.15) is 0 Å². The SMILES string of the molecule is O=S(=O)(c1ccc(F)cc1)c1ccccc1N=Nc1ccccc1. The molecule has 120 valence electrons. The first-order valence-electron chi connectivity index (χ1n) is 7.14. The van der Waals surface area contributed by atoms with Crippen LogP contribution in [0.2, 0.25) is 0 Å². The van der Waals surface area contributed by atoms with Crippen molar-refractivity contribution in [2.24, 2.45) is 10.2 Å². The van der Waals surface area contributed by atoms with Crippen molar-refractivity contribution in [1.29, 1.82) is 0 Å². The molecular formula is C18H13FN2O2S. The monoisotopic (exact) mass is 340 g/mol. The molecule has 0 saturated carbocycles. The van der Waals surface area contributed by atoms with Crippen molar-refractivity contribution in [1.82, 2.24) is 0 Å². The van der Waals surface area contributed by atoms with Gasteiger partial charge in [-0.2, -0.15) is 5.11 Å². The summed E-state index contributed by atoms with van der Waals surface area (Å²) in [5, 5.41) is 8.12. The molecule has 0 aliphatic rings. The van der Waals surface area contributed by atoms with E-state index in [1.54, 1.807) is 30.3 Å². The van der Waals surface area contributed by atoms with Crippen LogP contribution in [-0.4, -0.2) is 8.42 Å². The summed E-state index contributed by atoms with van der Waals surface area (Å²) in [5.41, 5.74) is 0.845. The molecule has 0 aromatic heterocycles. The van der Waals surface area contributed by atoms with Gasteiger partial charge in [0, 0.05) is 0 Å². The predicted molar refractivity (Wildman–Crippen MR) is 88.9 cm³/mol. The number of hydrogen-bond acceptors (Lipinski definition) is 4. The Balaban J connectivity index is 2.03. The van der Waals surface area contributed by atoms with Crippen LogP contribution in [0, 0.1) is 5.82 Å². The minimum absolute atomic E-state index is 0.00580. The van der Waals surface area contributed by atoms with Gasteiger partial charge in [0.15, 0.2) is 0 Å². The number of hydrogen-bond donors (Lipinski definition) is 0. The average Bonchev–Trinajstić information content (AvgIpc) is 2.61. The lowest BCUT2D eigenvalue weighted by Crippen LogP contribution is -2.02. The van der Waals surface area contributed by atoms with Crippen molar-refractivity contribution in [2.75, 3.05) is 0 Å². The van der Waals surface area contributed by atoms with Crippen LogP contribution in [0.3, 0.4) is 0 Å². The summed E-state index contributed by atoms with van der Waals surface area (Å²) in [4.78, 5) is 0.0301. The predicted octanol–water partition coefficient (Wildman–Crippen LogP) is 5.07. The van der Waals surface area contributed by atoms with Crippen LogP contribution in [0.4, 0.5) is 15.8 Å². The van der Waals surface area contributed by atoms with Crippen LogP contribution in [0.15, 0.2) is 98.9 Å². The second-order valence-electron chi connectivity index (χ2n) is 4.96. The molecule has 0 amide bonds. The second-order valence-corrected chi connectivity index (χ2v) is 6.88. The summed E-state index contributed by atoms with van der Waals surface area (Å²) < 4.78 is 38.5. The molecule has 0 bridgehead atoms. The fourth-order valence-electron chi connectivity index (χ4n) is 2.11. The summed E-state index contributed by atoms with van der Waals surface area (Å²) in [5.74, 6) is -0.494. The van der Waals surface area contributed by atoms with Crippen molar-refractivity contribution >= 4 is 21.2 Å². The van der Waals surface area contributed by atoms with Gasteiger partial charge in [-0.1, -0.05) is 30.3 Å². The van der Waals surface area contributed by atoms with E-state index in [-0.39, 0.29) is 15.5 Å². The van der Waals surface area contributed by atoms with Gasteiger partial charge in [-0.25, -0.2) is 12.8 Å². The summed E-state index contributed by atoms with van der Waals surface area (Å²) in [6, 6.07) is 20.0. The maximum absolute atomic E-state index is 13.0. The first-order chi connectivity index (χ1) is 11.6. The fourth-order valence-corrected chi connectivity index (χ4v) is 3.50. The van der Waals surface area contributed by atoms with Gasteiger partial charge in [0.2, 0.25) is 9.84 Å². The molecule has 3 aromatic rings. The quantitative estimate of drug-likeness (QED) is 0.491. The number of sulfone groups is 1. The van der Waals surface area contributed by atoms with Gasteiger partial charge in [0.1, 0.15) is 11.5 Å². The van der Waals surface area contributed by atoms with Gasteiger partial charge in [-0.15, -0.1) is 5.11 Å². The number of benzene rings is 3. The van der Waals surface area contributed by atoms with Gasteiger partial charge in [-0.05, 0) is 48.5 Å². The molecule has 24 heavy (non-hydrogen) atoms. The molecular weight excluding hydrogens is 327 g/mol. The molecule has 3 aromatic carbocycles. The van der Waals surface area contributed by atoms with Crippen LogP contribution < -0.4 is 0 Å². The van der Waals surface area contributed by atoms with Crippen molar-refractivity contribution in [3.8, 4) is 0 Å². The first-order valence-corrected chi connectivity index (χ1v) is 8.62. The Kier molecular flexibility index (Phi) is 4.48. The zero-order chi connectivity index (χ0) is 17.0. The number of nitrogens with zero attached hydrogens (tertiary/aromatic N) is 2. The lowest BCUT2D eigenvalue weighted by molar-refractivity contribution is 0.595. The highest BCUT2D eigenvalue weighted by molar-refractivity contribution is 7.91. The van der Waals surface area contributed by atoms with Gasteiger partial charge in [0.05, 0.1) is 15.5 Å². The third kappa shape index (κ3) is 3.38.